The lowest BCUT2D eigenvalue weighted by Crippen LogP contribution is -2.35. The van der Waals surface area contributed by atoms with Crippen molar-refractivity contribution in [3.05, 3.63) is 53.2 Å². The van der Waals surface area contributed by atoms with Crippen LogP contribution in [0, 0.1) is 13.8 Å². The van der Waals surface area contributed by atoms with E-state index in [9.17, 15) is 4.79 Å². The Kier molecular flexibility index (Phi) is 5.97. The Morgan fingerprint density at radius 1 is 1.23 bits per heavy atom. The minimum atomic E-state index is -0.518. The van der Waals surface area contributed by atoms with Crippen LogP contribution < -0.4 is 26.0 Å². The number of amides is 1. The highest BCUT2D eigenvalue weighted by Gasteiger charge is 2.18. The van der Waals surface area contributed by atoms with Gasteiger partial charge in [0.2, 0.25) is 0 Å². The van der Waals surface area contributed by atoms with Gasteiger partial charge in [0.05, 0.1) is 29.7 Å². The fourth-order valence-corrected chi connectivity index (χ4v) is 4.31. The minimum Gasteiger partial charge on any atom is -0.496 e. The van der Waals surface area contributed by atoms with Gasteiger partial charge in [-0.1, -0.05) is 23.5 Å². The molecule has 31 heavy (non-hydrogen) atoms. The van der Waals surface area contributed by atoms with Crippen molar-refractivity contribution in [3.63, 3.8) is 0 Å². The zero-order valence-corrected chi connectivity index (χ0v) is 18.7. The molecule has 3 N–H and O–H groups in total. The number of carbonyl (C=O) groups is 1. The fraction of sp³-hybridized carbons (Fsp3) is 0.273. The van der Waals surface area contributed by atoms with Gasteiger partial charge in [0.15, 0.2) is 0 Å². The number of benzene rings is 2. The minimum absolute atomic E-state index is 0.170. The summed E-state index contributed by atoms with van der Waals surface area (Å²) in [5.74, 6) is 0.754. The number of nitrogens with one attached hydrogen (secondary N) is 3. The lowest BCUT2D eigenvalue weighted by atomic mass is 10.1. The van der Waals surface area contributed by atoms with Crippen LogP contribution in [-0.4, -0.2) is 24.7 Å². The molecule has 0 atom stereocenters. The molecule has 162 valence electrons. The largest absolute Gasteiger partial charge is 0.496 e. The molecular formula is C22H25N5O3S. The lowest BCUT2D eigenvalue weighted by molar-refractivity contribution is 0.155. The average molecular weight is 440 g/mol. The topological polar surface area (TPSA) is 87.8 Å². The number of hydrogen-bond donors (Lipinski definition) is 3. The van der Waals surface area contributed by atoms with Crippen LogP contribution in [0.25, 0.3) is 10.6 Å². The molecule has 9 heteroatoms. The number of aromatic nitrogens is 1. The molecule has 1 aliphatic heterocycles. The molecule has 0 saturated carbocycles. The second-order valence-electron chi connectivity index (χ2n) is 7.17. The molecule has 3 aromatic rings. The first kappa shape index (κ1) is 21.0. The summed E-state index contributed by atoms with van der Waals surface area (Å²) in [6, 6.07) is 11.9. The number of hydrazine groups is 2. The number of methoxy groups -OCH3 is 1. The smallest absolute Gasteiger partial charge is 0.412 e. The van der Waals surface area contributed by atoms with E-state index < -0.39 is 6.09 Å². The summed E-state index contributed by atoms with van der Waals surface area (Å²) >= 11 is 1.39. The van der Waals surface area contributed by atoms with Gasteiger partial charge < -0.3 is 14.9 Å². The molecule has 0 saturated heterocycles. The van der Waals surface area contributed by atoms with Crippen LogP contribution in [0.2, 0.25) is 0 Å². The molecule has 0 aliphatic carbocycles. The van der Waals surface area contributed by atoms with Crippen molar-refractivity contribution < 1.29 is 14.3 Å². The van der Waals surface area contributed by atoms with Gasteiger partial charge in [-0.25, -0.2) is 9.78 Å². The van der Waals surface area contributed by atoms with E-state index in [2.05, 4.69) is 28.2 Å². The van der Waals surface area contributed by atoms with E-state index in [4.69, 9.17) is 9.47 Å². The van der Waals surface area contributed by atoms with Crippen LogP contribution in [0.3, 0.4) is 0 Å². The van der Waals surface area contributed by atoms with E-state index in [1.54, 1.807) is 7.11 Å². The third-order valence-electron chi connectivity index (χ3n) is 4.96. The van der Waals surface area contributed by atoms with Gasteiger partial charge in [-0.3, -0.25) is 10.3 Å². The number of anilines is 3. The zero-order chi connectivity index (χ0) is 22.0. The summed E-state index contributed by atoms with van der Waals surface area (Å²) in [6.07, 6.45) is -0.518. The van der Waals surface area contributed by atoms with Crippen LogP contribution in [0.15, 0.2) is 36.4 Å². The van der Waals surface area contributed by atoms with E-state index in [1.165, 1.54) is 11.3 Å². The number of carbonyl (C=O) groups excluding carboxylic acids is 1. The molecule has 1 aliphatic rings. The molecule has 0 spiro atoms. The summed E-state index contributed by atoms with van der Waals surface area (Å²) in [5.41, 5.74) is 11.8. The molecule has 4 rings (SSSR count). The lowest BCUT2D eigenvalue weighted by Gasteiger charge is -2.14. The van der Waals surface area contributed by atoms with Crippen molar-refractivity contribution in [1.29, 1.82) is 0 Å². The van der Waals surface area contributed by atoms with Gasteiger partial charge in [0, 0.05) is 6.54 Å². The van der Waals surface area contributed by atoms with Gasteiger partial charge in [0.25, 0.3) is 0 Å². The predicted octanol–water partition coefficient (Wildman–Crippen LogP) is 4.86. The normalized spacial score (nSPS) is 12.3. The van der Waals surface area contributed by atoms with Crippen molar-refractivity contribution in [2.24, 2.45) is 0 Å². The Morgan fingerprint density at radius 2 is 2.06 bits per heavy atom. The van der Waals surface area contributed by atoms with Gasteiger partial charge in [0.1, 0.15) is 22.4 Å². The van der Waals surface area contributed by atoms with Gasteiger partial charge in [-0.2, -0.15) is 0 Å². The second-order valence-corrected chi connectivity index (χ2v) is 8.17. The Labute approximate surface area is 185 Å². The van der Waals surface area contributed by atoms with Gasteiger partial charge in [-0.15, -0.1) is 5.53 Å². The maximum atomic E-state index is 12.4. The number of thiazole rings is 1. The number of ether oxygens (including phenoxy) is 2. The first-order chi connectivity index (χ1) is 15.0. The van der Waals surface area contributed by atoms with Crippen molar-refractivity contribution in [2.75, 3.05) is 29.4 Å². The summed E-state index contributed by atoms with van der Waals surface area (Å²) in [7, 11) is 1.64. The van der Waals surface area contributed by atoms with E-state index in [1.807, 2.05) is 55.3 Å². The number of aryl methyl sites for hydroxylation is 2. The third-order valence-corrected chi connectivity index (χ3v) is 6.07. The SMILES string of the molecule is CCN1NNc2cc(COC(=O)Nc3sc(-c4ccc(C)cc4OC)nc3C)ccc21. The number of rotatable bonds is 6. The molecule has 2 aromatic carbocycles. The second kappa shape index (κ2) is 8.83. The van der Waals surface area contributed by atoms with Crippen LogP contribution >= 0.6 is 11.3 Å². The number of hydrogen-bond acceptors (Lipinski definition) is 8. The van der Waals surface area contributed by atoms with Crippen molar-refractivity contribution in [3.8, 4) is 16.3 Å². The highest BCUT2D eigenvalue weighted by molar-refractivity contribution is 7.19. The maximum Gasteiger partial charge on any atom is 0.412 e. The Balaban J connectivity index is 1.41. The third kappa shape index (κ3) is 4.42. The van der Waals surface area contributed by atoms with Crippen molar-refractivity contribution >= 4 is 33.8 Å². The van der Waals surface area contributed by atoms with Crippen LogP contribution in [0.1, 0.15) is 23.7 Å². The van der Waals surface area contributed by atoms with E-state index in [-0.39, 0.29) is 6.61 Å². The van der Waals surface area contributed by atoms with E-state index in [0.717, 1.165) is 51.1 Å². The van der Waals surface area contributed by atoms with Crippen LogP contribution in [0.5, 0.6) is 5.75 Å². The summed E-state index contributed by atoms with van der Waals surface area (Å²) in [6.45, 7) is 6.93. The Morgan fingerprint density at radius 3 is 2.84 bits per heavy atom. The molecule has 0 radical (unpaired) electrons. The highest BCUT2D eigenvalue weighted by atomic mass is 32.1. The van der Waals surface area contributed by atoms with Crippen LogP contribution in [0.4, 0.5) is 21.2 Å². The maximum absolute atomic E-state index is 12.4. The van der Waals surface area contributed by atoms with Crippen LogP contribution in [-0.2, 0) is 11.3 Å². The first-order valence-electron chi connectivity index (χ1n) is 9.96. The summed E-state index contributed by atoms with van der Waals surface area (Å²) in [4.78, 5) is 17.0. The molecular weight excluding hydrogens is 414 g/mol. The first-order valence-corrected chi connectivity index (χ1v) is 10.8. The molecule has 0 bridgehead atoms. The fourth-order valence-electron chi connectivity index (χ4n) is 3.33. The average Bonchev–Trinajstić information content (AvgIpc) is 3.34. The molecule has 0 unspecified atom stereocenters. The molecule has 1 aromatic heterocycles. The quantitative estimate of drug-likeness (QED) is 0.506. The molecule has 2 heterocycles. The Hall–Kier alpha value is -3.30. The number of fused-ring (bicyclic) bond motifs is 1. The van der Waals surface area contributed by atoms with Crippen molar-refractivity contribution in [1.82, 2.24) is 10.5 Å². The number of nitrogens with zero attached hydrogens (tertiary/aromatic N) is 2. The van der Waals surface area contributed by atoms with Gasteiger partial charge >= 0.3 is 6.09 Å². The van der Waals surface area contributed by atoms with E-state index in [0.29, 0.717) is 5.00 Å². The van der Waals surface area contributed by atoms with Crippen molar-refractivity contribution in [2.45, 2.75) is 27.4 Å². The van der Waals surface area contributed by atoms with Gasteiger partial charge in [-0.05, 0) is 56.2 Å². The highest BCUT2D eigenvalue weighted by Crippen LogP contribution is 2.37. The molecule has 0 fully saturated rings. The van der Waals surface area contributed by atoms with E-state index >= 15 is 0 Å². The summed E-state index contributed by atoms with van der Waals surface area (Å²) in [5, 5.41) is 6.24. The summed E-state index contributed by atoms with van der Waals surface area (Å²) < 4.78 is 10.9. The predicted molar refractivity (Wildman–Crippen MR) is 124 cm³/mol. The molecule has 8 nitrogen and oxygen atoms in total. The Bertz CT molecular complexity index is 1110. The standard InChI is InChI=1S/C22H25N5O3S/c1-5-27-18-9-7-15(11-17(18)25-26-27)12-30-22(28)24-20-14(3)23-21(31-20)16-8-6-13(2)10-19(16)29-4/h6-11,25-26H,5,12H2,1-4H3,(H,24,28). The molecule has 1 amide bonds. The zero-order valence-electron chi connectivity index (χ0n) is 17.9. The monoisotopic (exact) mass is 439 g/mol.